The highest BCUT2D eigenvalue weighted by atomic mass is 19.4. The zero-order chi connectivity index (χ0) is 14.8. The predicted molar refractivity (Wildman–Crippen MR) is 65.4 cm³/mol. The van der Waals surface area contributed by atoms with Gasteiger partial charge in [-0.1, -0.05) is 12.1 Å². The van der Waals surface area contributed by atoms with Crippen LogP contribution in [0.25, 0.3) is 0 Å². The third kappa shape index (κ3) is 3.51. The fourth-order valence-corrected chi connectivity index (χ4v) is 1.68. The summed E-state index contributed by atoms with van der Waals surface area (Å²) in [5.74, 6) is -0.0982. The molecule has 0 fully saturated rings. The van der Waals surface area contributed by atoms with Crippen LogP contribution in [0, 0.1) is 0 Å². The highest BCUT2D eigenvalue weighted by Gasteiger charge is 2.34. The smallest absolute Gasteiger partial charge is 0.419 e. The lowest BCUT2D eigenvalue weighted by atomic mass is 10.2. The zero-order valence-corrected chi connectivity index (χ0v) is 10.6. The Bertz CT molecular complexity index is 579. The minimum atomic E-state index is -4.48. The quantitative estimate of drug-likeness (QED) is 0.939. The van der Waals surface area contributed by atoms with Crippen LogP contribution < -0.4 is 4.74 Å². The summed E-state index contributed by atoms with van der Waals surface area (Å²) in [7, 11) is 0. The lowest BCUT2D eigenvalue weighted by Gasteiger charge is -2.12. The first-order valence-electron chi connectivity index (χ1n) is 5.91. The van der Waals surface area contributed by atoms with Crippen molar-refractivity contribution in [1.29, 1.82) is 0 Å². The Morgan fingerprint density at radius 1 is 1.35 bits per heavy atom. The van der Waals surface area contributed by atoms with E-state index in [1.165, 1.54) is 35.3 Å². The van der Waals surface area contributed by atoms with E-state index in [2.05, 4.69) is 5.10 Å². The molecule has 108 valence electrons. The first kappa shape index (κ1) is 14.4. The van der Waals surface area contributed by atoms with Crippen LogP contribution in [-0.2, 0) is 12.7 Å². The molecule has 0 aliphatic heterocycles. The van der Waals surface area contributed by atoms with Gasteiger partial charge in [-0.2, -0.15) is 18.3 Å². The second kappa shape index (κ2) is 5.54. The predicted octanol–water partition coefficient (Wildman–Crippen LogP) is 3.08. The molecule has 1 atom stereocenters. The number of benzene rings is 1. The summed E-state index contributed by atoms with van der Waals surface area (Å²) in [5, 5.41) is 13.1. The van der Waals surface area contributed by atoms with Gasteiger partial charge >= 0.3 is 6.18 Å². The molecule has 0 aliphatic rings. The van der Waals surface area contributed by atoms with E-state index in [9.17, 15) is 18.3 Å². The molecule has 2 rings (SSSR count). The summed E-state index contributed by atoms with van der Waals surface area (Å²) in [6.07, 6.45) is -2.35. The molecule has 1 aromatic carbocycles. The van der Waals surface area contributed by atoms with E-state index in [4.69, 9.17) is 4.74 Å². The molecule has 7 heteroatoms. The third-order valence-electron chi connectivity index (χ3n) is 2.48. The van der Waals surface area contributed by atoms with Gasteiger partial charge in [-0.25, -0.2) is 0 Å². The minimum Gasteiger partial charge on any atom is -0.453 e. The number of halogens is 3. The lowest BCUT2D eigenvalue weighted by molar-refractivity contribution is -0.138. The van der Waals surface area contributed by atoms with Crippen LogP contribution in [0.15, 0.2) is 36.7 Å². The van der Waals surface area contributed by atoms with Gasteiger partial charge in [-0.05, 0) is 19.1 Å². The number of aliphatic hydroxyl groups is 1. The van der Waals surface area contributed by atoms with Crippen LogP contribution in [0.3, 0.4) is 0 Å². The standard InChI is InChI=1S/C13H13F3N2O2/c1-9(19)7-18-8-10(6-17-18)20-12-5-3-2-4-11(12)13(14,15)16/h2-6,8-9,19H,7H2,1H3. The minimum absolute atomic E-state index is 0.183. The van der Waals surface area contributed by atoms with Crippen LogP contribution >= 0.6 is 0 Å². The first-order chi connectivity index (χ1) is 9.36. The summed E-state index contributed by atoms with van der Waals surface area (Å²) in [4.78, 5) is 0. The van der Waals surface area contributed by atoms with E-state index >= 15 is 0 Å². The number of nitrogens with zero attached hydrogens (tertiary/aromatic N) is 2. The van der Waals surface area contributed by atoms with E-state index in [1.807, 2.05) is 0 Å². The van der Waals surface area contributed by atoms with Crippen LogP contribution in [0.2, 0.25) is 0 Å². The van der Waals surface area contributed by atoms with Gasteiger partial charge < -0.3 is 9.84 Å². The Kier molecular flexibility index (Phi) is 3.99. The van der Waals surface area contributed by atoms with Gasteiger partial charge in [0.25, 0.3) is 0 Å². The number of alkyl halides is 3. The Hall–Kier alpha value is -2.02. The average molecular weight is 286 g/mol. The van der Waals surface area contributed by atoms with Crippen molar-refractivity contribution in [1.82, 2.24) is 9.78 Å². The summed E-state index contributed by atoms with van der Waals surface area (Å²) >= 11 is 0. The fraction of sp³-hybridized carbons (Fsp3) is 0.308. The number of aliphatic hydroxyl groups excluding tert-OH is 1. The molecule has 1 unspecified atom stereocenters. The number of hydrogen-bond donors (Lipinski definition) is 1. The number of aromatic nitrogens is 2. The van der Waals surface area contributed by atoms with Crippen molar-refractivity contribution in [2.45, 2.75) is 25.7 Å². The van der Waals surface area contributed by atoms with Crippen molar-refractivity contribution in [3.8, 4) is 11.5 Å². The summed E-state index contributed by atoms with van der Waals surface area (Å²) in [5.41, 5.74) is -0.844. The molecule has 0 bridgehead atoms. The summed E-state index contributed by atoms with van der Waals surface area (Å²) in [6, 6.07) is 4.96. The molecule has 0 aliphatic carbocycles. The van der Waals surface area contributed by atoms with Crippen molar-refractivity contribution in [2.24, 2.45) is 0 Å². The normalized spacial score (nSPS) is 13.2. The summed E-state index contributed by atoms with van der Waals surface area (Å²) in [6.45, 7) is 1.82. The largest absolute Gasteiger partial charge is 0.453 e. The summed E-state index contributed by atoms with van der Waals surface area (Å²) < 4.78 is 45.0. The molecule has 0 radical (unpaired) electrons. The van der Waals surface area contributed by atoms with E-state index < -0.39 is 17.8 Å². The van der Waals surface area contributed by atoms with Crippen LogP contribution in [0.5, 0.6) is 11.5 Å². The van der Waals surface area contributed by atoms with Gasteiger partial charge in [0.15, 0.2) is 5.75 Å². The van der Waals surface area contributed by atoms with Gasteiger partial charge in [0.1, 0.15) is 5.75 Å². The van der Waals surface area contributed by atoms with Crippen molar-refractivity contribution in [2.75, 3.05) is 0 Å². The van der Waals surface area contributed by atoms with Gasteiger partial charge in [-0.15, -0.1) is 0 Å². The Morgan fingerprint density at radius 3 is 2.70 bits per heavy atom. The van der Waals surface area contributed by atoms with Crippen molar-refractivity contribution >= 4 is 0 Å². The molecule has 1 aromatic heterocycles. The number of hydrogen-bond acceptors (Lipinski definition) is 3. The third-order valence-corrected chi connectivity index (χ3v) is 2.48. The van der Waals surface area contributed by atoms with Gasteiger partial charge in [-0.3, -0.25) is 4.68 Å². The topological polar surface area (TPSA) is 47.3 Å². The zero-order valence-electron chi connectivity index (χ0n) is 10.6. The Balaban J connectivity index is 2.20. The monoisotopic (exact) mass is 286 g/mol. The fourth-order valence-electron chi connectivity index (χ4n) is 1.68. The highest BCUT2D eigenvalue weighted by molar-refractivity contribution is 5.38. The van der Waals surface area contributed by atoms with E-state index in [1.54, 1.807) is 6.92 Å². The van der Waals surface area contributed by atoms with Gasteiger partial charge in [0.2, 0.25) is 0 Å². The molecular formula is C13H13F3N2O2. The second-order valence-electron chi connectivity index (χ2n) is 4.34. The molecule has 0 amide bonds. The molecule has 1 N–H and O–H groups in total. The molecule has 0 spiro atoms. The Morgan fingerprint density at radius 2 is 2.05 bits per heavy atom. The molecule has 0 saturated heterocycles. The molecule has 0 saturated carbocycles. The van der Waals surface area contributed by atoms with Crippen molar-refractivity contribution in [3.63, 3.8) is 0 Å². The number of ether oxygens (including phenoxy) is 1. The molecule has 1 heterocycles. The lowest BCUT2D eigenvalue weighted by Crippen LogP contribution is -2.11. The van der Waals surface area contributed by atoms with Gasteiger partial charge in [0.05, 0.1) is 30.6 Å². The van der Waals surface area contributed by atoms with Crippen LogP contribution in [0.4, 0.5) is 13.2 Å². The number of para-hydroxylation sites is 1. The molecule has 2 aromatic rings. The maximum Gasteiger partial charge on any atom is 0.419 e. The molecule has 4 nitrogen and oxygen atoms in total. The highest BCUT2D eigenvalue weighted by Crippen LogP contribution is 2.37. The van der Waals surface area contributed by atoms with Gasteiger partial charge in [0, 0.05) is 0 Å². The maximum absolute atomic E-state index is 12.8. The average Bonchev–Trinajstić information content (AvgIpc) is 2.75. The van der Waals surface area contributed by atoms with Crippen molar-refractivity contribution < 1.29 is 23.0 Å². The number of rotatable bonds is 4. The second-order valence-corrected chi connectivity index (χ2v) is 4.34. The maximum atomic E-state index is 12.8. The van der Waals surface area contributed by atoms with Crippen LogP contribution in [-0.4, -0.2) is 21.0 Å². The molecule has 20 heavy (non-hydrogen) atoms. The first-order valence-corrected chi connectivity index (χ1v) is 5.91. The molecular weight excluding hydrogens is 273 g/mol. The van der Waals surface area contributed by atoms with Crippen molar-refractivity contribution in [3.05, 3.63) is 42.2 Å². The van der Waals surface area contributed by atoms with E-state index in [-0.39, 0.29) is 18.0 Å². The Labute approximate surface area is 113 Å². The van der Waals surface area contributed by atoms with Crippen LogP contribution in [0.1, 0.15) is 12.5 Å². The van der Waals surface area contributed by atoms with E-state index in [0.29, 0.717) is 0 Å². The SMILES string of the molecule is CC(O)Cn1cc(Oc2ccccc2C(F)(F)F)cn1. The van der Waals surface area contributed by atoms with E-state index in [0.717, 1.165) is 6.07 Å².